The summed E-state index contributed by atoms with van der Waals surface area (Å²) in [6.45, 7) is 1.49. The number of carbonyl (C=O) groups is 7. The number of hydrogen-bond acceptors (Lipinski definition) is 10. The van der Waals surface area contributed by atoms with E-state index in [0.717, 1.165) is 17.6 Å². The highest BCUT2D eigenvalue weighted by atomic mass is 19.4. The van der Waals surface area contributed by atoms with Crippen molar-refractivity contribution in [1.82, 2.24) is 25.8 Å². The van der Waals surface area contributed by atoms with E-state index in [1.807, 2.05) is 30.3 Å². The quantitative estimate of drug-likeness (QED) is 0.133. The van der Waals surface area contributed by atoms with Gasteiger partial charge in [0, 0.05) is 25.8 Å². The Bertz CT molecular complexity index is 1720. The zero-order valence-corrected chi connectivity index (χ0v) is 31.1. The van der Waals surface area contributed by atoms with Crippen LogP contribution >= 0.6 is 0 Å². The van der Waals surface area contributed by atoms with Crippen molar-refractivity contribution in [3.63, 3.8) is 0 Å². The molecule has 2 fully saturated rings. The van der Waals surface area contributed by atoms with E-state index in [9.17, 15) is 46.7 Å². The van der Waals surface area contributed by atoms with Gasteiger partial charge in [0.05, 0.1) is 19.8 Å². The summed E-state index contributed by atoms with van der Waals surface area (Å²) in [5, 5.41) is 7.16. The van der Waals surface area contributed by atoms with Crippen molar-refractivity contribution in [3.8, 4) is 0 Å². The largest absolute Gasteiger partial charge is 0.471 e. The average molecular weight is 789 g/mol. The molecule has 0 bridgehead atoms. The number of nitrogens with one attached hydrogen (secondary N) is 3. The smallest absolute Gasteiger partial charge is 0.467 e. The summed E-state index contributed by atoms with van der Waals surface area (Å²) < 4.78 is 53.9. The molecular weight excluding hydrogens is 741 g/mol. The molecule has 2 heterocycles. The van der Waals surface area contributed by atoms with Crippen LogP contribution in [0.25, 0.3) is 0 Å². The van der Waals surface area contributed by atoms with Crippen LogP contribution in [0.2, 0.25) is 0 Å². The van der Waals surface area contributed by atoms with Gasteiger partial charge in [-0.2, -0.15) is 13.2 Å². The lowest BCUT2D eigenvalue weighted by molar-refractivity contribution is -0.191. The Morgan fingerprint density at radius 3 is 2.20 bits per heavy atom. The Morgan fingerprint density at radius 2 is 1.62 bits per heavy atom. The number of carbonyl (C=O) groups excluding carboxylic acids is 7. The zero-order chi connectivity index (χ0) is 41.0. The minimum Gasteiger partial charge on any atom is -0.467 e. The predicted molar refractivity (Wildman–Crippen MR) is 193 cm³/mol. The molecule has 56 heavy (non-hydrogen) atoms. The lowest BCUT2D eigenvalue weighted by Gasteiger charge is -2.34. The first-order chi connectivity index (χ1) is 26.6. The van der Waals surface area contributed by atoms with E-state index in [1.54, 1.807) is 6.07 Å². The molecule has 6 atom stereocenters. The van der Waals surface area contributed by atoms with Gasteiger partial charge in [-0.25, -0.2) is 4.79 Å². The molecule has 18 heteroatoms. The number of alkyl halides is 3. The van der Waals surface area contributed by atoms with Crippen molar-refractivity contribution in [2.24, 2.45) is 5.73 Å². The monoisotopic (exact) mass is 788 g/mol. The van der Waals surface area contributed by atoms with Crippen molar-refractivity contribution in [1.29, 1.82) is 0 Å². The molecule has 0 saturated carbocycles. The maximum Gasteiger partial charge on any atom is 0.471 e. The third-order valence-corrected chi connectivity index (χ3v) is 9.53. The van der Waals surface area contributed by atoms with Crippen LogP contribution in [0.3, 0.4) is 0 Å². The standard InChI is InChI=1S/C38H47F3N6O9/c1-23(34(51)46-21-26(20-30(46)36(53)55-2)56-22-25-13-7-4-8-14-25)43-33(50)29(19-24-11-5-3-6-12-24)47(37(54)38(39,40)41)35(52)28(15-9-10-18-42)45-32(49)27-16-17-31(48)44-27/h3-8,11-14,23,26-30H,9-10,15-22,42H2,1-2H3,(H,43,50)(H,44,48)(H,45,49)/t23-,26?,27-,28-,29-,30-/m0/s1. The summed E-state index contributed by atoms with van der Waals surface area (Å²) in [5.74, 6) is -8.34. The number of ether oxygens (including phenoxy) is 2. The van der Waals surface area contributed by atoms with Crippen molar-refractivity contribution >= 4 is 41.4 Å². The Balaban J connectivity index is 1.63. The van der Waals surface area contributed by atoms with E-state index in [-0.39, 0.29) is 62.3 Å². The van der Waals surface area contributed by atoms with Crippen LogP contribution in [0.1, 0.15) is 56.6 Å². The molecule has 0 aliphatic carbocycles. The number of nitrogens with two attached hydrogens (primary N) is 1. The number of unbranched alkanes of at least 4 members (excludes halogenated alkanes) is 1. The SMILES string of the molecule is COC(=O)[C@@H]1CC(OCc2ccccc2)CN1C(=O)[C@H](C)NC(=O)[C@H](Cc1ccccc1)N(C(=O)[C@H](CCCCN)NC(=O)[C@@H]1CCC(=O)N1)C(=O)C(F)(F)F. The highest BCUT2D eigenvalue weighted by Gasteiger charge is 2.51. The first kappa shape index (κ1) is 43.4. The second-order valence-corrected chi connectivity index (χ2v) is 13.6. The van der Waals surface area contributed by atoms with Crippen molar-refractivity contribution in [2.45, 2.75) is 101 Å². The summed E-state index contributed by atoms with van der Waals surface area (Å²) in [4.78, 5) is 94.0. The molecule has 5 N–H and O–H groups in total. The topological polar surface area (TPSA) is 207 Å². The van der Waals surface area contributed by atoms with Gasteiger partial charge in [-0.1, -0.05) is 60.7 Å². The molecule has 0 spiro atoms. The fraction of sp³-hybridized carbons (Fsp3) is 0.500. The summed E-state index contributed by atoms with van der Waals surface area (Å²) in [5.41, 5.74) is 6.70. The van der Waals surface area contributed by atoms with Gasteiger partial charge >= 0.3 is 18.1 Å². The van der Waals surface area contributed by atoms with E-state index in [4.69, 9.17) is 15.2 Å². The summed E-state index contributed by atoms with van der Waals surface area (Å²) in [7, 11) is 1.14. The van der Waals surface area contributed by atoms with E-state index >= 15 is 0 Å². The number of methoxy groups -OCH3 is 1. The number of imide groups is 1. The molecule has 15 nitrogen and oxygen atoms in total. The normalized spacial score (nSPS) is 19.6. The van der Waals surface area contributed by atoms with Gasteiger partial charge in [-0.3, -0.25) is 33.7 Å². The lowest BCUT2D eigenvalue weighted by atomic mass is 10.00. The van der Waals surface area contributed by atoms with Gasteiger partial charge < -0.3 is 36.1 Å². The van der Waals surface area contributed by atoms with Crippen LogP contribution in [-0.2, 0) is 56.1 Å². The number of amides is 6. The second-order valence-electron chi connectivity index (χ2n) is 13.6. The summed E-state index contributed by atoms with van der Waals surface area (Å²) >= 11 is 0. The molecule has 304 valence electrons. The number of esters is 1. The molecule has 2 aliphatic rings. The van der Waals surface area contributed by atoms with Gasteiger partial charge in [0.2, 0.25) is 23.6 Å². The number of rotatable bonds is 17. The molecule has 2 aromatic carbocycles. The highest BCUT2D eigenvalue weighted by Crippen LogP contribution is 2.26. The van der Waals surface area contributed by atoms with Crippen molar-refractivity contribution < 1.29 is 56.2 Å². The average Bonchev–Trinajstić information content (AvgIpc) is 3.82. The minimum absolute atomic E-state index is 0.0119. The lowest BCUT2D eigenvalue weighted by Crippen LogP contribution is -2.63. The number of benzene rings is 2. The van der Waals surface area contributed by atoms with Gasteiger partial charge in [-0.15, -0.1) is 0 Å². The van der Waals surface area contributed by atoms with E-state index < -0.39 is 90.3 Å². The van der Waals surface area contributed by atoms with Crippen LogP contribution in [-0.4, -0.2) is 114 Å². The Kier molecular flexibility index (Phi) is 15.5. The van der Waals surface area contributed by atoms with Gasteiger partial charge in [0.1, 0.15) is 30.2 Å². The molecule has 2 aromatic rings. The second kappa shape index (κ2) is 20.0. The molecule has 0 aromatic heterocycles. The Morgan fingerprint density at radius 1 is 0.982 bits per heavy atom. The van der Waals surface area contributed by atoms with Gasteiger partial charge in [0.25, 0.3) is 5.91 Å². The molecular formula is C38H47F3N6O9. The van der Waals surface area contributed by atoms with Crippen LogP contribution in [0.15, 0.2) is 60.7 Å². The maximum atomic E-state index is 14.4. The Hall–Kier alpha value is -5.36. The van der Waals surface area contributed by atoms with Crippen LogP contribution < -0.4 is 21.7 Å². The van der Waals surface area contributed by atoms with Crippen molar-refractivity contribution in [2.75, 3.05) is 20.2 Å². The molecule has 1 unspecified atom stereocenters. The van der Waals surface area contributed by atoms with E-state index in [1.165, 1.54) is 31.2 Å². The minimum atomic E-state index is -5.66. The zero-order valence-electron chi connectivity index (χ0n) is 31.1. The third kappa shape index (κ3) is 11.6. The Labute approximate surface area is 321 Å². The molecule has 0 radical (unpaired) electrons. The van der Waals surface area contributed by atoms with Gasteiger partial charge in [0.15, 0.2) is 0 Å². The number of likely N-dealkylation sites (tertiary alicyclic amines) is 1. The predicted octanol–water partition coefficient (Wildman–Crippen LogP) is 1.27. The van der Waals surface area contributed by atoms with Crippen LogP contribution in [0.4, 0.5) is 13.2 Å². The summed E-state index contributed by atoms with van der Waals surface area (Å²) in [6, 6.07) is 9.20. The van der Waals surface area contributed by atoms with E-state index in [2.05, 4.69) is 16.0 Å². The maximum absolute atomic E-state index is 14.4. The molecule has 4 rings (SSSR count). The molecule has 2 saturated heterocycles. The summed E-state index contributed by atoms with van der Waals surface area (Å²) in [6.07, 6.45) is -6.53. The number of hydrogen-bond donors (Lipinski definition) is 4. The third-order valence-electron chi connectivity index (χ3n) is 9.53. The molecule has 6 amide bonds. The fourth-order valence-electron chi connectivity index (χ4n) is 6.60. The first-order valence-electron chi connectivity index (χ1n) is 18.3. The first-order valence-corrected chi connectivity index (χ1v) is 18.3. The number of nitrogens with zero attached hydrogens (tertiary/aromatic N) is 2. The van der Waals surface area contributed by atoms with Gasteiger partial charge in [-0.05, 0) is 50.3 Å². The number of halogens is 3. The van der Waals surface area contributed by atoms with Crippen LogP contribution in [0.5, 0.6) is 0 Å². The molecule has 2 aliphatic heterocycles. The van der Waals surface area contributed by atoms with Crippen molar-refractivity contribution in [3.05, 3.63) is 71.8 Å². The van der Waals surface area contributed by atoms with E-state index in [0.29, 0.717) is 6.42 Å². The fourth-order valence-corrected chi connectivity index (χ4v) is 6.60. The highest BCUT2D eigenvalue weighted by molar-refractivity contribution is 6.06. The van der Waals surface area contributed by atoms with Crippen LogP contribution in [0, 0.1) is 0 Å².